The van der Waals surface area contributed by atoms with E-state index >= 15 is 0 Å². The first-order valence-electron chi connectivity index (χ1n) is 9.19. The van der Waals surface area contributed by atoms with Gasteiger partial charge in [0.05, 0.1) is 19.2 Å². The molecule has 3 saturated heterocycles. The first-order chi connectivity index (χ1) is 13.2. The molecule has 3 atom stereocenters. The number of hydrogen-bond donors (Lipinski definition) is 1. The topological polar surface area (TPSA) is 99.3 Å². The number of nitrogens with one attached hydrogen (secondary N) is 1. The third kappa shape index (κ3) is 3.15. The summed E-state index contributed by atoms with van der Waals surface area (Å²) < 4.78 is 33.3. The van der Waals surface area contributed by atoms with Crippen LogP contribution in [-0.2, 0) is 19.6 Å². The average Bonchev–Trinajstić information content (AvgIpc) is 3.01. The number of para-hydroxylation sites is 1. The summed E-state index contributed by atoms with van der Waals surface area (Å²) in [5.74, 6) is -0.286. The highest BCUT2D eigenvalue weighted by molar-refractivity contribution is 7.90. The number of likely N-dealkylation sites (N-methyl/N-ethyl adjacent to an activating group) is 1. The van der Waals surface area contributed by atoms with E-state index in [1.54, 1.807) is 31.1 Å². The number of ether oxygens (including phenoxy) is 1. The molecule has 3 amide bonds. The number of carbonyl (C=O) groups excluding carboxylic acids is 2. The van der Waals surface area contributed by atoms with Crippen molar-refractivity contribution >= 4 is 27.6 Å². The molecule has 2 bridgehead atoms. The molecular formula is C18H24N4O5S. The number of rotatable bonds is 3. The zero-order chi connectivity index (χ0) is 20.1. The Morgan fingerprint density at radius 3 is 2.64 bits per heavy atom. The lowest BCUT2D eigenvalue weighted by atomic mass is 9.99. The van der Waals surface area contributed by atoms with Crippen LogP contribution in [0.25, 0.3) is 0 Å². The molecule has 3 heterocycles. The van der Waals surface area contributed by atoms with Crippen LogP contribution in [0.2, 0.25) is 0 Å². The first-order valence-corrected chi connectivity index (χ1v) is 10.7. The number of urea groups is 1. The van der Waals surface area contributed by atoms with Crippen molar-refractivity contribution in [3.05, 3.63) is 30.3 Å². The third-order valence-corrected chi connectivity index (χ3v) is 7.95. The summed E-state index contributed by atoms with van der Waals surface area (Å²) in [4.78, 5) is 27.8. The molecule has 1 aromatic rings. The van der Waals surface area contributed by atoms with E-state index in [2.05, 4.69) is 5.32 Å². The summed E-state index contributed by atoms with van der Waals surface area (Å²) in [6.07, 6.45) is 0.0196. The molecule has 28 heavy (non-hydrogen) atoms. The van der Waals surface area contributed by atoms with Crippen LogP contribution in [0.15, 0.2) is 30.3 Å². The maximum absolute atomic E-state index is 13.0. The van der Waals surface area contributed by atoms with Crippen molar-refractivity contribution in [1.29, 1.82) is 0 Å². The molecule has 3 aliphatic heterocycles. The number of benzene rings is 1. The van der Waals surface area contributed by atoms with Crippen molar-refractivity contribution in [3.8, 4) is 0 Å². The molecule has 0 saturated carbocycles. The lowest BCUT2D eigenvalue weighted by Crippen LogP contribution is -2.57. The Balaban J connectivity index is 1.52. The number of sulfonamides is 1. The van der Waals surface area contributed by atoms with Gasteiger partial charge in [0.25, 0.3) is 0 Å². The van der Waals surface area contributed by atoms with Gasteiger partial charge in [-0.3, -0.25) is 4.79 Å². The number of amides is 3. The van der Waals surface area contributed by atoms with Gasteiger partial charge in [-0.15, -0.1) is 0 Å². The summed E-state index contributed by atoms with van der Waals surface area (Å²) in [5.41, 5.74) is -0.305. The maximum Gasteiger partial charge on any atom is 0.322 e. The fourth-order valence-corrected chi connectivity index (χ4v) is 6.52. The number of anilines is 1. The van der Waals surface area contributed by atoms with Crippen molar-refractivity contribution in [1.82, 2.24) is 14.1 Å². The van der Waals surface area contributed by atoms with E-state index in [0.717, 1.165) is 0 Å². The molecule has 1 spiro atoms. The zero-order valence-electron chi connectivity index (χ0n) is 15.9. The van der Waals surface area contributed by atoms with Crippen molar-refractivity contribution in [2.45, 2.75) is 23.4 Å². The summed E-state index contributed by atoms with van der Waals surface area (Å²) in [6.45, 7) is 0.408. The van der Waals surface area contributed by atoms with Gasteiger partial charge < -0.3 is 19.9 Å². The highest BCUT2D eigenvalue weighted by Crippen LogP contribution is 2.46. The molecule has 4 rings (SSSR count). The second-order valence-electron chi connectivity index (χ2n) is 7.81. The molecule has 3 aliphatic rings. The fraction of sp³-hybridized carbons (Fsp3) is 0.556. The summed E-state index contributed by atoms with van der Waals surface area (Å²) >= 11 is 0. The van der Waals surface area contributed by atoms with Gasteiger partial charge in [-0.1, -0.05) is 18.2 Å². The van der Waals surface area contributed by atoms with Gasteiger partial charge in [0.1, 0.15) is 10.9 Å². The molecule has 0 unspecified atom stereocenters. The predicted octanol–water partition coefficient (Wildman–Crippen LogP) is 0.164. The van der Waals surface area contributed by atoms with Crippen LogP contribution in [-0.4, -0.2) is 91.7 Å². The molecule has 10 heteroatoms. The average molecular weight is 408 g/mol. The number of morpholine rings is 1. The number of hydrogen-bond acceptors (Lipinski definition) is 5. The molecule has 9 nitrogen and oxygen atoms in total. The minimum Gasteiger partial charge on any atom is -0.365 e. The van der Waals surface area contributed by atoms with Gasteiger partial charge >= 0.3 is 6.03 Å². The van der Waals surface area contributed by atoms with Crippen LogP contribution in [0.3, 0.4) is 0 Å². The van der Waals surface area contributed by atoms with E-state index < -0.39 is 20.9 Å². The molecule has 1 aromatic carbocycles. The second-order valence-corrected chi connectivity index (χ2v) is 9.92. The normalized spacial score (nSPS) is 30.7. The van der Waals surface area contributed by atoms with Gasteiger partial charge in [0, 0.05) is 32.9 Å². The molecule has 3 fully saturated rings. The van der Waals surface area contributed by atoms with Crippen LogP contribution in [0.1, 0.15) is 6.42 Å². The molecule has 0 aliphatic carbocycles. The largest absolute Gasteiger partial charge is 0.365 e. The summed E-state index contributed by atoms with van der Waals surface area (Å²) in [7, 11) is -0.482. The van der Waals surface area contributed by atoms with E-state index in [9.17, 15) is 18.0 Å². The van der Waals surface area contributed by atoms with Crippen LogP contribution < -0.4 is 5.32 Å². The summed E-state index contributed by atoms with van der Waals surface area (Å²) in [5, 5.41) is 2.12. The third-order valence-electron chi connectivity index (χ3n) is 5.63. The van der Waals surface area contributed by atoms with E-state index in [4.69, 9.17) is 4.74 Å². The molecular weight excluding hydrogens is 384 g/mol. The van der Waals surface area contributed by atoms with Crippen LogP contribution in [0.5, 0.6) is 0 Å². The van der Waals surface area contributed by atoms with Gasteiger partial charge in [0.15, 0.2) is 0 Å². The van der Waals surface area contributed by atoms with Crippen LogP contribution in [0.4, 0.5) is 10.5 Å². The Labute approximate surface area is 164 Å². The number of nitrogens with zero attached hydrogens (tertiary/aromatic N) is 3. The molecule has 0 aromatic heterocycles. The Morgan fingerprint density at radius 2 is 1.96 bits per heavy atom. The van der Waals surface area contributed by atoms with E-state index in [-0.39, 0.29) is 37.7 Å². The van der Waals surface area contributed by atoms with Gasteiger partial charge in [-0.05, 0) is 18.6 Å². The van der Waals surface area contributed by atoms with Gasteiger partial charge in [-0.25, -0.2) is 13.2 Å². The molecule has 1 N–H and O–H groups in total. The summed E-state index contributed by atoms with van der Waals surface area (Å²) in [6, 6.07) is 8.83. The molecule has 152 valence electrons. The number of likely N-dealkylation sites (tertiary alicyclic amines) is 1. The van der Waals surface area contributed by atoms with Crippen molar-refractivity contribution in [2.75, 3.05) is 45.6 Å². The van der Waals surface area contributed by atoms with E-state index in [0.29, 0.717) is 18.7 Å². The standard InChI is InChI=1S/C18H24N4O5S/c1-20(2)16(23)10-22-12-18-11-21(17(24)19-13-6-4-3-5-7-13)9-14(27-18)8-15(18)28(22,25)26/h3-7,14-15H,8-12H2,1-2H3,(H,19,24)/t14-,15+,18+/m1/s1. The van der Waals surface area contributed by atoms with E-state index in [1.165, 1.54) is 9.21 Å². The SMILES string of the molecule is CN(C)C(=O)CN1C[C@@]23CN(C(=O)Nc4ccccc4)C[C@@H](C[C@@H]2S1(=O)=O)O3. The Bertz CT molecular complexity index is 890. The fourth-order valence-electron chi connectivity index (χ4n) is 4.26. The van der Waals surface area contributed by atoms with Crippen molar-refractivity contribution < 1.29 is 22.7 Å². The number of fused-ring (bicyclic) bond motifs is 1. The highest BCUT2D eigenvalue weighted by atomic mass is 32.2. The van der Waals surface area contributed by atoms with Crippen molar-refractivity contribution in [2.24, 2.45) is 0 Å². The monoisotopic (exact) mass is 408 g/mol. The quantitative estimate of drug-likeness (QED) is 0.768. The van der Waals surface area contributed by atoms with Crippen molar-refractivity contribution in [3.63, 3.8) is 0 Å². The highest BCUT2D eigenvalue weighted by Gasteiger charge is 2.65. The minimum atomic E-state index is -3.66. The van der Waals surface area contributed by atoms with Crippen LogP contribution >= 0.6 is 0 Å². The maximum atomic E-state index is 13.0. The zero-order valence-corrected chi connectivity index (χ0v) is 16.7. The van der Waals surface area contributed by atoms with Gasteiger partial charge in [0.2, 0.25) is 15.9 Å². The number of carbonyl (C=O) groups is 2. The lowest BCUT2D eigenvalue weighted by molar-refractivity contribution is -0.130. The minimum absolute atomic E-state index is 0.0885. The Hall–Kier alpha value is -2.17. The lowest BCUT2D eigenvalue weighted by Gasteiger charge is -2.39. The first kappa shape index (κ1) is 19.2. The van der Waals surface area contributed by atoms with E-state index in [1.807, 2.05) is 18.2 Å². The Morgan fingerprint density at radius 1 is 1.25 bits per heavy atom. The molecule has 0 radical (unpaired) electrons. The van der Waals surface area contributed by atoms with Gasteiger partial charge in [-0.2, -0.15) is 4.31 Å². The smallest absolute Gasteiger partial charge is 0.322 e. The Kier molecular flexibility index (Phi) is 4.59. The van der Waals surface area contributed by atoms with Crippen LogP contribution in [0, 0.1) is 0 Å². The predicted molar refractivity (Wildman–Crippen MR) is 102 cm³/mol. The second kappa shape index (κ2) is 6.71.